The Bertz CT molecular complexity index is 730. The summed E-state index contributed by atoms with van der Waals surface area (Å²) >= 11 is 0. The van der Waals surface area contributed by atoms with Crippen LogP contribution in [0.2, 0.25) is 0 Å². The van der Waals surface area contributed by atoms with Gasteiger partial charge in [0.2, 0.25) is 0 Å². The smallest absolute Gasteiger partial charge is 0.146 e. The van der Waals surface area contributed by atoms with Crippen LogP contribution in [0.15, 0.2) is 46.9 Å². The molecule has 0 unspecified atom stereocenters. The Hall–Kier alpha value is -2.29. The van der Waals surface area contributed by atoms with Crippen LogP contribution in [0, 0.1) is 12.7 Å². The molecule has 0 aliphatic rings. The van der Waals surface area contributed by atoms with E-state index in [4.69, 9.17) is 10.2 Å². The van der Waals surface area contributed by atoms with Gasteiger partial charge in [-0.05, 0) is 36.8 Å². The molecule has 1 aromatic heterocycles. The molecule has 0 radical (unpaired) electrons. The van der Waals surface area contributed by atoms with Crippen molar-refractivity contribution in [3.8, 4) is 11.3 Å². The molecule has 2 N–H and O–H groups in total. The van der Waals surface area contributed by atoms with Gasteiger partial charge in [0.25, 0.3) is 0 Å². The molecular formula is C15H12FNO. The van der Waals surface area contributed by atoms with Crippen molar-refractivity contribution in [2.45, 2.75) is 6.92 Å². The predicted molar refractivity (Wildman–Crippen MR) is 70.8 cm³/mol. The van der Waals surface area contributed by atoms with E-state index in [2.05, 4.69) is 0 Å². The van der Waals surface area contributed by atoms with Crippen molar-refractivity contribution in [2.24, 2.45) is 0 Å². The van der Waals surface area contributed by atoms with Gasteiger partial charge in [0.05, 0.1) is 5.69 Å². The molecule has 3 heteroatoms. The largest absolute Gasteiger partial charge is 0.456 e. The van der Waals surface area contributed by atoms with Gasteiger partial charge in [-0.3, -0.25) is 0 Å². The second kappa shape index (κ2) is 3.88. The Morgan fingerprint density at radius 1 is 1.11 bits per heavy atom. The number of furan rings is 1. The first-order valence-electron chi connectivity index (χ1n) is 5.70. The Morgan fingerprint density at radius 2 is 1.94 bits per heavy atom. The topological polar surface area (TPSA) is 39.2 Å². The highest BCUT2D eigenvalue weighted by Crippen LogP contribution is 2.30. The van der Waals surface area contributed by atoms with Crippen LogP contribution in [0.4, 0.5) is 10.1 Å². The molecule has 0 amide bonds. The lowest BCUT2D eigenvalue weighted by Gasteiger charge is -1.99. The summed E-state index contributed by atoms with van der Waals surface area (Å²) in [6.45, 7) is 1.99. The molecule has 0 aliphatic carbocycles. The highest BCUT2D eigenvalue weighted by atomic mass is 19.1. The number of aryl methyl sites for hydroxylation is 1. The van der Waals surface area contributed by atoms with Gasteiger partial charge in [-0.15, -0.1) is 0 Å². The number of fused-ring (bicyclic) bond motifs is 1. The van der Waals surface area contributed by atoms with Crippen LogP contribution in [-0.4, -0.2) is 0 Å². The number of rotatable bonds is 1. The summed E-state index contributed by atoms with van der Waals surface area (Å²) in [6, 6.07) is 12.5. The van der Waals surface area contributed by atoms with E-state index >= 15 is 0 Å². The second-order valence-corrected chi connectivity index (χ2v) is 4.34. The minimum absolute atomic E-state index is 0.144. The number of hydrogen-bond donors (Lipinski definition) is 1. The lowest BCUT2D eigenvalue weighted by Crippen LogP contribution is -1.89. The fourth-order valence-corrected chi connectivity index (χ4v) is 2.03. The van der Waals surface area contributed by atoms with Crippen molar-refractivity contribution < 1.29 is 8.81 Å². The molecule has 0 atom stereocenters. The van der Waals surface area contributed by atoms with E-state index in [1.807, 2.05) is 31.2 Å². The van der Waals surface area contributed by atoms with Gasteiger partial charge in [-0.2, -0.15) is 0 Å². The van der Waals surface area contributed by atoms with Gasteiger partial charge >= 0.3 is 0 Å². The van der Waals surface area contributed by atoms with Crippen molar-refractivity contribution >= 4 is 16.7 Å². The Balaban J connectivity index is 2.19. The quantitative estimate of drug-likeness (QED) is 0.650. The van der Waals surface area contributed by atoms with Crippen molar-refractivity contribution in [2.75, 3.05) is 5.73 Å². The minimum Gasteiger partial charge on any atom is -0.456 e. The standard InChI is InChI=1S/C15H12FNO/c1-9-3-2-4-11-8-14(18-15(9)11)10-5-6-13(17)12(16)7-10/h2-8H,17H2,1H3. The Kier molecular flexibility index (Phi) is 2.33. The Labute approximate surface area is 104 Å². The maximum Gasteiger partial charge on any atom is 0.146 e. The molecule has 0 saturated carbocycles. The van der Waals surface area contributed by atoms with E-state index in [-0.39, 0.29) is 5.69 Å². The van der Waals surface area contributed by atoms with Gasteiger partial charge in [0.1, 0.15) is 17.2 Å². The molecule has 2 aromatic carbocycles. The zero-order valence-electron chi connectivity index (χ0n) is 9.91. The Morgan fingerprint density at radius 3 is 2.67 bits per heavy atom. The van der Waals surface area contributed by atoms with Gasteiger partial charge in [0, 0.05) is 10.9 Å². The molecule has 2 nitrogen and oxygen atoms in total. The number of nitrogen functional groups attached to an aromatic ring is 1. The summed E-state index contributed by atoms with van der Waals surface area (Å²) in [7, 11) is 0. The van der Waals surface area contributed by atoms with Gasteiger partial charge in [-0.1, -0.05) is 18.2 Å². The summed E-state index contributed by atoms with van der Waals surface area (Å²) in [6.07, 6.45) is 0. The number of anilines is 1. The summed E-state index contributed by atoms with van der Waals surface area (Å²) in [5.74, 6) is 0.225. The van der Waals surface area contributed by atoms with E-state index in [1.165, 1.54) is 6.07 Å². The van der Waals surface area contributed by atoms with E-state index < -0.39 is 5.82 Å². The number of benzene rings is 2. The maximum absolute atomic E-state index is 13.4. The van der Waals surface area contributed by atoms with Crippen LogP contribution in [-0.2, 0) is 0 Å². The third-order valence-electron chi connectivity index (χ3n) is 3.03. The van der Waals surface area contributed by atoms with Crippen LogP contribution in [0.1, 0.15) is 5.56 Å². The zero-order valence-corrected chi connectivity index (χ0v) is 9.91. The van der Waals surface area contributed by atoms with Crippen LogP contribution in [0.25, 0.3) is 22.3 Å². The maximum atomic E-state index is 13.4. The highest BCUT2D eigenvalue weighted by Gasteiger charge is 2.09. The first-order valence-corrected chi connectivity index (χ1v) is 5.70. The third kappa shape index (κ3) is 1.64. The first-order chi connectivity index (χ1) is 8.65. The van der Waals surface area contributed by atoms with Crippen LogP contribution < -0.4 is 5.73 Å². The molecule has 0 spiro atoms. The molecule has 0 fully saturated rings. The molecular weight excluding hydrogens is 229 g/mol. The van der Waals surface area contributed by atoms with Crippen molar-refractivity contribution in [3.05, 3.63) is 53.8 Å². The van der Waals surface area contributed by atoms with Crippen molar-refractivity contribution in [1.82, 2.24) is 0 Å². The van der Waals surface area contributed by atoms with Gasteiger partial charge in [0.15, 0.2) is 0 Å². The third-order valence-corrected chi connectivity index (χ3v) is 3.03. The fourth-order valence-electron chi connectivity index (χ4n) is 2.03. The summed E-state index contributed by atoms with van der Waals surface area (Å²) in [5, 5.41) is 1.02. The van der Waals surface area contributed by atoms with E-state index in [1.54, 1.807) is 12.1 Å². The monoisotopic (exact) mass is 241 g/mol. The van der Waals surface area contributed by atoms with Crippen LogP contribution in [0.5, 0.6) is 0 Å². The predicted octanol–water partition coefficient (Wildman–Crippen LogP) is 4.13. The number of hydrogen-bond acceptors (Lipinski definition) is 2. The molecule has 3 rings (SSSR count). The number of nitrogens with two attached hydrogens (primary N) is 1. The molecule has 0 bridgehead atoms. The molecule has 3 aromatic rings. The first kappa shape index (κ1) is 10.8. The minimum atomic E-state index is -0.426. The molecule has 90 valence electrons. The van der Waals surface area contributed by atoms with E-state index in [9.17, 15) is 4.39 Å². The van der Waals surface area contributed by atoms with Gasteiger partial charge < -0.3 is 10.2 Å². The number of para-hydroxylation sites is 1. The fraction of sp³-hybridized carbons (Fsp3) is 0.0667. The lowest BCUT2D eigenvalue weighted by atomic mass is 10.1. The number of halogens is 1. The average Bonchev–Trinajstić information content (AvgIpc) is 2.78. The average molecular weight is 241 g/mol. The highest BCUT2D eigenvalue weighted by molar-refractivity contribution is 5.85. The molecule has 0 aliphatic heterocycles. The van der Waals surface area contributed by atoms with Crippen molar-refractivity contribution in [1.29, 1.82) is 0 Å². The SMILES string of the molecule is Cc1cccc2cc(-c3ccc(N)c(F)c3)oc12. The lowest BCUT2D eigenvalue weighted by molar-refractivity contribution is 0.619. The normalized spacial score (nSPS) is 11.0. The molecule has 0 saturated heterocycles. The van der Waals surface area contributed by atoms with E-state index in [0.717, 1.165) is 16.5 Å². The summed E-state index contributed by atoms with van der Waals surface area (Å²) in [5.41, 5.74) is 8.20. The van der Waals surface area contributed by atoms with Gasteiger partial charge in [-0.25, -0.2) is 4.39 Å². The second-order valence-electron chi connectivity index (χ2n) is 4.34. The van der Waals surface area contributed by atoms with E-state index in [0.29, 0.717) is 11.3 Å². The molecule has 1 heterocycles. The molecule has 18 heavy (non-hydrogen) atoms. The van der Waals surface area contributed by atoms with Crippen LogP contribution in [0.3, 0.4) is 0 Å². The zero-order chi connectivity index (χ0) is 12.7. The van der Waals surface area contributed by atoms with Crippen molar-refractivity contribution in [3.63, 3.8) is 0 Å². The summed E-state index contributed by atoms with van der Waals surface area (Å²) in [4.78, 5) is 0. The summed E-state index contributed by atoms with van der Waals surface area (Å²) < 4.78 is 19.2. The van der Waals surface area contributed by atoms with Crippen LogP contribution >= 0.6 is 0 Å².